The summed E-state index contributed by atoms with van der Waals surface area (Å²) in [6.07, 6.45) is -1.08. The number of rotatable bonds is 5. The molecule has 3 aliphatic heterocycles. The number of hydrogen-bond donors (Lipinski definition) is 2. The van der Waals surface area contributed by atoms with Gasteiger partial charge in [-0.2, -0.15) is 13.2 Å². The van der Waals surface area contributed by atoms with Crippen LogP contribution < -0.4 is 16.0 Å². The number of halogens is 3. The van der Waals surface area contributed by atoms with Crippen molar-refractivity contribution in [2.75, 3.05) is 42.9 Å². The zero-order chi connectivity index (χ0) is 21.3. The molecule has 0 spiro atoms. The molecule has 1 fully saturated rings. The average Bonchev–Trinajstić information content (AvgIpc) is 3.08. The topological polar surface area (TPSA) is 99.7 Å². The number of amides is 1. The van der Waals surface area contributed by atoms with Crippen LogP contribution in [0.15, 0.2) is 11.3 Å². The van der Waals surface area contributed by atoms with Crippen molar-refractivity contribution in [1.82, 2.24) is 14.9 Å². The average molecular weight is 425 g/mol. The number of nitrogens with one attached hydrogen (secondary N) is 1. The normalized spacial score (nSPS) is 22.7. The van der Waals surface area contributed by atoms with Gasteiger partial charge in [0, 0.05) is 50.6 Å². The fraction of sp³-hybridized carbons (Fsp3) is 0.684. The molecule has 30 heavy (non-hydrogen) atoms. The second kappa shape index (κ2) is 8.37. The van der Waals surface area contributed by atoms with Gasteiger partial charge in [-0.1, -0.05) is 0 Å². The van der Waals surface area contributed by atoms with Crippen LogP contribution in [0.25, 0.3) is 0 Å². The van der Waals surface area contributed by atoms with Gasteiger partial charge >= 0.3 is 6.18 Å². The number of anilines is 2. The van der Waals surface area contributed by atoms with E-state index in [0.717, 1.165) is 43.1 Å². The van der Waals surface area contributed by atoms with E-state index < -0.39 is 18.6 Å². The summed E-state index contributed by atoms with van der Waals surface area (Å²) in [5, 5.41) is 2.79. The second-order valence-electron chi connectivity index (χ2n) is 8.03. The predicted molar refractivity (Wildman–Crippen MR) is 106 cm³/mol. The van der Waals surface area contributed by atoms with Crippen LogP contribution >= 0.6 is 0 Å². The Morgan fingerprint density at radius 1 is 1.20 bits per heavy atom. The monoisotopic (exact) mass is 425 g/mol. The summed E-state index contributed by atoms with van der Waals surface area (Å²) in [7, 11) is 0. The molecule has 3 N–H and O–H groups in total. The fourth-order valence-electron chi connectivity index (χ4n) is 4.56. The lowest BCUT2D eigenvalue weighted by Crippen LogP contribution is -2.43. The van der Waals surface area contributed by atoms with Gasteiger partial charge in [0.1, 0.15) is 23.8 Å². The zero-order valence-corrected chi connectivity index (χ0v) is 16.7. The van der Waals surface area contributed by atoms with Gasteiger partial charge in [0.2, 0.25) is 5.91 Å². The highest BCUT2D eigenvalue weighted by atomic mass is 19.4. The van der Waals surface area contributed by atoms with Gasteiger partial charge in [0.15, 0.2) is 0 Å². The third-order valence-electron chi connectivity index (χ3n) is 5.88. The maximum Gasteiger partial charge on any atom is 0.391 e. The van der Waals surface area contributed by atoms with Crippen LogP contribution in [0.5, 0.6) is 0 Å². The molecule has 11 heteroatoms. The number of piperidine rings is 1. The summed E-state index contributed by atoms with van der Waals surface area (Å²) in [4.78, 5) is 28.8. The summed E-state index contributed by atoms with van der Waals surface area (Å²) >= 11 is 0. The molecule has 4 rings (SSSR count). The van der Waals surface area contributed by atoms with Crippen molar-refractivity contribution in [1.29, 1.82) is 0 Å². The molecule has 8 nitrogen and oxygen atoms in total. The van der Waals surface area contributed by atoms with Crippen LogP contribution in [0.1, 0.15) is 31.2 Å². The van der Waals surface area contributed by atoms with Crippen LogP contribution in [0.2, 0.25) is 0 Å². The lowest BCUT2D eigenvalue weighted by Gasteiger charge is -2.36. The number of fused-ring (bicyclic) bond motifs is 1. The molecule has 1 aromatic rings. The highest BCUT2D eigenvalue weighted by Gasteiger charge is 2.38. The first-order valence-corrected chi connectivity index (χ1v) is 10.3. The van der Waals surface area contributed by atoms with Gasteiger partial charge in [-0.25, -0.2) is 9.97 Å². The zero-order valence-electron chi connectivity index (χ0n) is 16.7. The van der Waals surface area contributed by atoms with Crippen molar-refractivity contribution in [3.05, 3.63) is 11.9 Å². The molecule has 4 heterocycles. The molecule has 1 amide bonds. The summed E-state index contributed by atoms with van der Waals surface area (Å²) in [6.45, 7) is 2.64. The number of carbonyl (C=O) groups is 1. The molecular weight excluding hydrogens is 399 g/mol. The van der Waals surface area contributed by atoms with Crippen LogP contribution in [0.4, 0.5) is 24.8 Å². The van der Waals surface area contributed by atoms with Crippen molar-refractivity contribution < 1.29 is 18.0 Å². The van der Waals surface area contributed by atoms with E-state index in [4.69, 9.17) is 5.73 Å². The first-order chi connectivity index (χ1) is 14.3. The summed E-state index contributed by atoms with van der Waals surface area (Å²) in [5.41, 5.74) is 6.62. The van der Waals surface area contributed by atoms with Crippen molar-refractivity contribution in [3.8, 4) is 0 Å². The van der Waals surface area contributed by atoms with E-state index in [1.165, 1.54) is 6.33 Å². The molecular formula is C19H26F3N7O. The smallest absolute Gasteiger partial charge is 0.357 e. The Labute approximate surface area is 172 Å². The van der Waals surface area contributed by atoms with Crippen molar-refractivity contribution in [2.24, 2.45) is 16.6 Å². The molecule has 0 saturated carbocycles. The van der Waals surface area contributed by atoms with Crippen molar-refractivity contribution >= 4 is 23.4 Å². The maximum absolute atomic E-state index is 12.8. The van der Waals surface area contributed by atoms with E-state index in [9.17, 15) is 18.0 Å². The van der Waals surface area contributed by atoms with Gasteiger partial charge in [0.05, 0.1) is 12.5 Å². The molecule has 3 aliphatic rings. The molecule has 1 unspecified atom stereocenters. The van der Waals surface area contributed by atoms with Gasteiger partial charge in [0.25, 0.3) is 0 Å². The Morgan fingerprint density at radius 3 is 2.67 bits per heavy atom. The van der Waals surface area contributed by atoms with E-state index in [1.54, 1.807) is 0 Å². The highest BCUT2D eigenvalue weighted by Crippen LogP contribution is 2.33. The van der Waals surface area contributed by atoms with Crippen LogP contribution in [-0.2, 0) is 11.2 Å². The molecule has 1 atom stereocenters. The maximum atomic E-state index is 12.8. The van der Waals surface area contributed by atoms with E-state index in [2.05, 4.69) is 25.2 Å². The van der Waals surface area contributed by atoms with Gasteiger partial charge in [-0.05, 0) is 19.3 Å². The van der Waals surface area contributed by atoms with Gasteiger partial charge in [-0.3, -0.25) is 9.79 Å². The number of nitrogens with zero attached hydrogens (tertiary/aromatic N) is 5. The van der Waals surface area contributed by atoms with Gasteiger partial charge in [-0.15, -0.1) is 0 Å². The number of amidine groups is 1. The Balaban J connectivity index is 1.44. The summed E-state index contributed by atoms with van der Waals surface area (Å²) in [6, 6.07) is -0.748. The van der Waals surface area contributed by atoms with E-state index >= 15 is 0 Å². The van der Waals surface area contributed by atoms with Gasteiger partial charge < -0.3 is 20.9 Å². The van der Waals surface area contributed by atoms with E-state index in [-0.39, 0.29) is 18.4 Å². The molecule has 1 aromatic heterocycles. The third-order valence-corrected chi connectivity index (χ3v) is 5.88. The Morgan fingerprint density at radius 2 is 1.97 bits per heavy atom. The lowest BCUT2D eigenvalue weighted by atomic mass is 9.94. The number of aromatic nitrogens is 2. The summed E-state index contributed by atoms with van der Waals surface area (Å²) < 4.78 is 38.5. The fourth-order valence-corrected chi connectivity index (χ4v) is 4.56. The number of nitrogens with two attached hydrogens (primary N) is 1. The van der Waals surface area contributed by atoms with Crippen LogP contribution in [0.3, 0.4) is 0 Å². The number of aliphatic imine (C=N–C) groups is 1. The predicted octanol–water partition coefficient (Wildman–Crippen LogP) is 1.57. The largest absolute Gasteiger partial charge is 0.391 e. The van der Waals surface area contributed by atoms with E-state index in [0.29, 0.717) is 31.7 Å². The number of hydrogen-bond acceptors (Lipinski definition) is 7. The molecule has 0 bridgehead atoms. The third kappa shape index (κ3) is 4.50. The number of alkyl halides is 3. The van der Waals surface area contributed by atoms with Crippen molar-refractivity contribution in [3.63, 3.8) is 0 Å². The first-order valence-electron chi connectivity index (χ1n) is 10.3. The minimum absolute atomic E-state index is 0.0430. The Kier molecular flexibility index (Phi) is 5.81. The Bertz CT molecular complexity index is 821. The number of carbonyl (C=O) groups excluding carboxylic acids is 1. The SMILES string of the molecule is NCCN1CC(CC(F)(F)F)N=C1C1CCN(c2ncnc3c2CCC(=O)N3)CC1. The first kappa shape index (κ1) is 20.8. The standard InChI is InChI=1S/C19H26F3N7O/c20-19(21,22)9-13-10-29(8-5-23)17(26-13)12-3-6-28(7-4-12)18-14-1-2-15(30)27-16(14)24-11-25-18/h11-13H,1-10,23H2,(H,24,25,27,30). The van der Waals surface area contributed by atoms with Crippen LogP contribution in [-0.4, -0.2) is 71.6 Å². The molecule has 1 saturated heterocycles. The van der Waals surface area contributed by atoms with Crippen LogP contribution in [0, 0.1) is 5.92 Å². The van der Waals surface area contributed by atoms with Crippen molar-refractivity contribution in [2.45, 2.75) is 44.3 Å². The van der Waals surface area contributed by atoms with E-state index in [1.807, 2.05) is 4.90 Å². The molecule has 164 valence electrons. The minimum Gasteiger partial charge on any atom is -0.357 e. The Hall–Kier alpha value is -2.43. The molecule has 0 aliphatic carbocycles. The second-order valence-corrected chi connectivity index (χ2v) is 8.03. The highest BCUT2D eigenvalue weighted by molar-refractivity contribution is 5.93. The summed E-state index contributed by atoms with van der Waals surface area (Å²) in [5.74, 6) is 2.25. The quantitative estimate of drug-likeness (QED) is 0.743. The minimum atomic E-state index is -4.22. The molecule has 0 radical (unpaired) electrons. The lowest BCUT2D eigenvalue weighted by molar-refractivity contribution is -0.137. The molecule has 0 aromatic carbocycles.